The second kappa shape index (κ2) is 3.32. The summed E-state index contributed by atoms with van der Waals surface area (Å²) in [5.74, 6) is 0. The molecule has 0 saturated carbocycles. The monoisotopic (exact) mass is 216 g/mol. The van der Waals surface area contributed by atoms with Gasteiger partial charge in [0.1, 0.15) is 5.65 Å². The number of rotatable bonds is 0. The normalized spacial score (nSPS) is 20.1. The summed E-state index contributed by atoms with van der Waals surface area (Å²) in [6.45, 7) is 2.01. The molecule has 1 unspecified atom stereocenters. The molecule has 3 rings (SSSR count). The second-order valence-electron chi connectivity index (χ2n) is 4.70. The van der Waals surface area contributed by atoms with Crippen molar-refractivity contribution in [1.82, 2.24) is 9.55 Å². The first kappa shape index (κ1) is 9.85. The van der Waals surface area contributed by atoms with Crippen molar-refractivity contribution >= 4 is 11.0 Å². The molecule has 16 heavy (non-hydrogen) atoms. The fourth-order valence-corrected chi connectivity index (χ4v) is 2.71. The van der Waals surface area contributed by atoms with Crippen molar-refractivity contribution in [2.24, 2.45) is 7.05 Å². The Balaban J connectivity index is 2.32. The molecule has 0 amide bonds. The van der Waals surface area contributed by atoms with E-state index < -0.39 is 0 Å². The van der Waals surface area contributed by atoms with Crippen LogP contribution in [0.5, 0.6) is 0 Å². The first-order valence-corrected chi connectivity index (χ1v) is 5.78. The predicted molar refractivity (Wildman–Crippen MR) is 63.5 cm³/mol. The van der Waals surface area contributed by atoms with Gasteiger partial charge in [-0.2, -0.15) is 0 Å². The molecule has 0 radical (unpaired) electrons. The van der Waals surface area contributed by atoms with Crippen LogP contribution in [0.3, 0.4) is 0 Å². The Bertz CT molecular complexity index is 557. The summed E-state index contributed by atoms with van der Waals surface area (Å²) in [7, 11) is 2.07. The van der Waals surface area contributed by atoms with E-state index in [4.69, 9.17) is 0 Å². The Labute approximate surface area is 94.7 Å². The quantitative estimate of drug-likeness (QED) is 0.728. The van der Waals surface area contributed by atoms with Gasteiger partial charge in [0.05, 0.1) is 6.10 Å². The maximum atomic E-state index is 9.75. The third-order valence-corrected chi connectivity index (χ3v) is 3.56. The molecule has 2 heterocycles. The molecule has 84 valence electrons. The topological polar surface area (TPSA) is 38.0 Å². The van der Waals surface area contributed by atoms with E-state index in [-0.39, 0.29) is 6.10 Å². The fraction of sp³-hybridized carbons (Fsp3) is 0.462. The SMILES string of the molecule is Cc1ccc2c3c(n(C)c2n1)CCC(O)C3. The number of aryl methyl sites for hydroxylation is 2. The lowest BCUT2D eigenvalue weighted by Gasteiger charge is -2.18. The van der Waals surface area contributed by atoms with Gasteiger partial charge in [0.25, 0.3) is 0 Å². The average Bonchev–Trinajstić information content (AvgIpc) is 2.52. The molecule has 0 saturated heterocycles. The lowest BCUT2D eigenvalue weighted by Crippen LogP contribution is -2.19. The van der Waals surface area contributed by atoms with Crippen LogP contribution in [-0.2, 0) is 19.9 Å². The Morgan fingerprint density at radius 2 is 2.25 bits per heavy atom. The number of pyridine rings is 1. The second-order valence-corrected chi connectivity index (χ2v) is 4.70. The number of aliphatic hydroxyl groups excluding tert-OH is 1. The van der Waals surface area contributed by atoms with Crippen molar-refractivity contribution in [3.63, 3.8) is 0 Å². The summed E-state index contributed by atoms with van der Waals surface area (Å²) in [5.41, 5.74) is 4.74. The van der Waals surface area contributed by atoms with E-state index in [1.165, 1.54) is 16.6 Å². The van der Waals surface area contributed by atoms with E-state index in [1.54, 1.807) is 0 Å². The smallest absolute Gasteiger partial charge is 0.140 e. The first-order valence-electron chi connectivity index (χ1n) is 5.78. The minimum atomic E-state index is -0.181. The Kier molecular flexibility index (Phi) is 2.04. The summed E-state index contributed by atoms with van der Waals surface area (Å²) in [5, 5.41) is 11.0. The van der Waals surface area contributed by atoms with Crippen molar-refractivity contribution in [3.8, 4) is 0 Å². The molecule has 1 aliphatic rings. The van der Waals surface area contributed by atoms with Crippen molar-refractivity contribution in [1.29, 1.82) is 0 Å². The molecular weight excluding hydrogens is 200 g/mol. The number of hydrogen-bond acceptors (Lipinski definition) is 2. The Hall–Kier alpha value is -1.35. The van der Waals surface area contributed by atoms with Gasteiger partial charge in [-0.25, -0.2) is 4.98 Å². The van der Waals surface area contributed by atoms with E-state index in [0.717, 1.165) is 30.6 Å². The van der Waals surface area contributed by atoms with Crippen molar-refractivity contribution in [2.45, 2.75) is 32.3 Å². The van der Waals surface area contributed by atoms with Gasteiger partial charge in [-0.1, -0.05) is 0 Å². The number of aliphatic hydroxyl groups is 1. The van der Waals surface area contributed by atoms with Gasteiger partial charge in [0.2, 0.25) is 0 Å². The highest BCUT2D eigenvalue weighted by Crippen LogP contribution is 2.30. The maximum absolute atomic E-state index is 9.75. The van der Waals surface area contributed by atoms with Gasteiger partial charge in [0, 0.05) is 30.2 Å². The molecule has 0 spiro atoms. The zero-order chi connectivity index (χ0) is 11.3. The molecule has 1 aliphatic carbocycles. The molecular formula is C13H16N2O. The van der Waals surface area contributed by atoms with Crippen molar-refractivity contribution in [3.05, 3.63) is 29.1 Å². The summed E-state index contributed by atoms with van der Waals surface area (Å²) in [4.78, 5) is 4.59. The number of nitrogens with zero attached hydrogens (tertiary/aromatic N) is 2. The molecule has 2 aromatic rings. The lowest BCUT2D eigenvalue weighted by molar-refractivity contribution is 0.158. The molecule has 0 bridgehead atoms. The van der Waals surface area contributed by atoms with E-state index >= 15 is 0 Å². The molecule has 3 nitrogen and oxygen atoms in total. The average molecular weight is 216 g/mol. The van der Waals surface area contributed by atoms with E-state index in [0.29, 0.717) is 0 Å². The molecule has 0 fully saturated rings. The third-order valence-electron chi connectivity index (χ3n) is 3.56. The summed E-state index contributed by atoms with van der Waals surface area (Å²) in [6.07, 6.45) is 2.43. The number of fused-ring (bicyclic) bond motifs is 3. The highest BCUT2D eigenvalue weighted by atomic mass is 16.3. The Morgan fingerprint density at radius 3 is 3.06 bits per heavy atom. The minimum Gasteiger partial charge on any atom is -0.393 e. The zero-order valence-corrected chi connectivity index (χ0v) is 9.70. The molecule has 1 atom stereocenters. The van der Waals surface area contributed by atoms with E-state index in [9.17, 15) is 5.11 Å². The molecule has 0 aliphatic heterocycles. The van der Waals surface area contributed by atoms with Crippen LogP contribution in [0, 0.1) is 6.92 Å². The lowest BCUT2D eigenvalue weighted by atomic mass is 9.93. The van der Waals surface area contributed by atoms with Crippen LogP contribution in [0.4, 0.5) is 0 Å². The molecule has 3 heteroatoms. The zero-order valence-electron chi connectivity index (χ0n) is 9.70. The highest BCUT2D eigenvalue weighted by molar-refractivity contribution is 5.82. The van der Waals surface area contributed by atoms with Crippen molar-refractivity contribution < 1.29 is 5.11 Å². The van der Waals surface area contributed by atoms with E-state index in [2.05, 4.69) is 22.7 Å². The largest absolute Gasteiger partial charge is 0.393 e. The summed E-state index contributed by atoms with van der Waals surface area (Å²) in [6, 6.07) is 4.18. The summed E-state index contributed by atoms with van der Waals surface area (Å²) >= 11 is 0. The minimum absolute atomic E-state index is 0.181. The first-order chi connectivity index (χ1) is 7.66. The van der Waals surface area contributed by atoms with Gasteiger partial charge in [-0.15, -0.1) is 0 Å². The molecule has 1 N–H and O–H groups in total. The maximum Gasteiger partial charge on any atom is 0.140 e. The van der Waals surface area contributed by atoms with Gasteiger partial charge in [-0.05, 0) is 37.5 Å². The number of hydrogen-bond donors (Lipinski definition) is 1. The van der Waals surface area contributed by atoms with Crippen LogP contribution in [0.2, 0.25) is 0 Å². The van der Waals surface area contributed by atoms with Crippen LogP contribution in [0.1, 0.15) is 23.4 Å². The van der Waals surface area contributed by atoms with E-state index in [1.807, 2.05) is 13.0 Å². The van der Waals surface area contributed by atoms with Crippen molar-refractivity contribution in [2.75, 3.05) is 0 Å². The van der Waals surface area contributed by atoms with Gasteiger partial charge < -0.3 is 9.67 Å². The van der Waals surface area contributed by atoms with Crippen LogP contribution in [0.15, 0.2) is 12.1 Å². The fourth-order valence-electron chi connectivity index (χ4n) is 2.71. The van der Waals surface area contributed by atoms with Gasteiger partial charge >= 0.3 is 0 Å². The third kappa shape index (κ3) is 1.28. The molecule has 0 aromatic carbocycles. The van der Waals surface area contributed by atoms with Crippen LogP contribution in [-0.4, -0.2) is 20.8 Å². The predicted octanol–water partition coefficient (Wildman–Crippen LogP) is 1.73. The Morgan fingerprint density at radius 1 is 1.44 bits per heavy atom. The standard InChI is InChI=1S/C13H16N2O/c1-8-3-5-10-11-7-9(16)4-6-12(11)15(2)13(10)14-8/h3,5,9,16H,4,6-7H2,1-2H3. The highest BCUT2D eigenvalue weighted by Gasteiger charge is 2.23. The van der Waals surface area contributed by atoms with Gasteiger partial charge in [-0.3, -0.25) is 0 Å². The van der Waals surface area contributed by atoms with Crippen LogP contribution >= 0.6 is 0 Å². The van der Waals surface area contributed by atoms with Gasteiger partial charge in [0.15, 0.2) is 0 Å². The summed E-state index contributed by atoms with van der Waals surface area (Å²) < 4.78 is 2.18. The van der Waals surface area contributed by atoms with Crippen LogP contribution in [0.25, 0.3) is 11.0 Å². The number of aromatic nitrogens is 2. The molecule has 2 aromatic heterocycles. The van der Waals surface area contributed by atoms with Crippen LogP contribution < -0.4 is 0 Å².